The molecule has 0 aliphatic rings. The molecule has 0 aliphatic heterocycles. The van der Waals surface area contributed by atoms with Crippen LogP contribution in [0.3, 0.4) is 0 Å². The summed E-state index contributed by atoms with van der Waals surface area (Å²) in [4.78, 5) is 0. The monoisotopic (exact) mass is 419 g/mol. The van der Waals surface area contributed by atoms with Crippen LogP contribution in [0.5, 0.6) is 0 Å². The number of hydrogen-bond donors (Lipinski definition) is 0. The first-order chi connectivity index (χ1) is 8.79. The normalized spacial score (nSPS) is 8.80. The molecular formula is C16H20Cl2PPd. The third kappa shape index (κ3) is 8.41. The van der Waals surface area contributed by atoms with Gasteiger partial charge in [0, 0.05) is 0 Å². The van der Waals surface area contributed by atoms with Crippen molar-refractivity contribution < 1.29 is 43.5 Å². The molecule has 0 spiro atoms. The quantitative estimate of drug-likeness (QED) is 0.414. The van der Waals surface area contributed by atoms with E-state index >= 15 is 0 Å². The summed E-state index contributed by atoms with van der Waals surface area (Å²) in [6.45, 7) is 4.36. The molecule has 0 bridgehead atoms. The van der Waals surface area contributed by atoms with E-state index in [1.807, 2.05) is 0 Å². The summed E-state index contributed by atoms with van der Waals surface area (Å²) in [5.74, 6) is 0. The van der Waals surface area contributed by atoms with Crippen LogP contribution in [-0.4, -0.2) is 0 Å². The number of halogens is 2. The zero-order chi connectivity index (χ0) is 13.2. The Morgan fingerprint density at radius 3 is 1.25 bits per heavy atom. The second kappa shape index (κ2) is 14.1. The number of hydrogen-bond acceptors (Lipinski definition) is 0. The van der Waals surface area contributed by atoms with Crippen LogP contribution in [0, 0.1) is 0 Å². The van der Waals surface area contributed by atoms with Crippen molar-refractivity contribution in [1.29, 1.82) is 0 Å². The minimum atomic E-state index is -0.321. The summed E-state index contributed by atoms with van der Waals surface area (Å²) < 4.78 is 0. The molecule has 0 saturated carbocycles. The first-order valence-electron chi connectivity index (χ1n) is 6.32. The van der Waals surface area contributed by atoms with E-state index < -0.39 is 0 Å². The van der Waals surface area contributed by atoms with E-state index in [4.69, 9.17) is 0 Å². The Bertz CT molecular complexity index is 382. The van der Waals surface area contributed by atoms with Crippen LogP contribution in [0.15, 0.2) is 60.7 Å². The molecule has 0 heterocycles. The van der Waals surface area contributed by atoms with Gasteiger partial charge >= 0.3 is 96.1 Å². The van der Waals surface area contributed by atoms with E-state index in [9.17, 15) is 0 Å². The maximum atomic E-state index is 3.47. The molecule has 2 aromatic carbocycles. The van der Waals surface area contributed by atoms with Crippen molar-refractivity contribution in [1.82, 2.24) is 0 Å². The molecule has 0 atom stereocenters. The summed E-state index contributed by atoms with van der Waals surface area (Å²) in [7, 11) is 0. The van der Waals surface area contributed by atoms with Gasteiger partial charge in [-0.15, -0.1) is 0 Å². The van der Waals surface area contributed by atoms with Crippen molar-refractivity contribution >= 4 is 16.7 Å². The molecule has 0 unspecified atom stereocenters. The molecule has 0 N–H and O–H groups in total. The average Bonchev–Trinajstić information content (AvgIpc) is 2.48. The molecule has 0 aliphatic carbocycles. The van der Waals surface area contributed by atoms with Gasteiger partial charge < -0.3 is 24.8 Å². The zero-order valence-corrected chi connectivity index (χ0v) is 15.7. The van der Waals surface area contributed by atoms with Gasteiger partial charge in [-0.1, -0.05) is 26.7 Å². The Kier molecular flexibility index (Phi) is 15.8. The van der Waals surface area contributed by atoms with Crippen LogP contribution < -0.4 is 35.4 Å². The molecule has 20 heavy (non-hydrogen) atoms. The molecule has 0 aromatic heterocycles. The summed E-state index contributed by atoms with van der Waals surface area (Å²) >= 11 is 3.47. The van der Waals surface area contributed by atoms with Crippen LogP contribution in [0.4, 0.5) is 0 Å². The molecule has 0 saturated heterocycles. The molecule has 2 rings (SSSR count). The Morgan fingerprint density at radius 2 is 1.00 bits per heavy atom. The molecule has 2 aromatic rings. The standard InChI is InChI=1S/C12H10P.C4H10.2ClH.Pd/c1-3-7-11(8-4-1)13-12-9-5-2-6-10-12;1-3-4-2;;;/h1-10H;3-4H2,1-2H3;2*1H;/q-1;;;;+3/p-2. The van der Waals surface area contributed by atoms with E-state index in [1.165, 1.54) is 23.5 Å². The van der Waals surface area contributed by atoms with Crippen LogP contribution in [-0.2, 0) is 18.7 Å². The van der Waals surface area contributed by atoms with Crippen molar-refractivity contribution in [2.45, 2.75) is 26.7 Å². The summed E-state index contributed by atoms with van der Waals surface area (Å²) in [5, 5.41) is 2.74. The molecular weight excluding hydrogens is 400 g/mol. The molecule has 0 amide bonds. The first kappa shape index (κ1) is 22.4. The van der Waals surface area contributed by atoms with Crippen LogP contribution >= 0.6 is 6.11 Å². The number of benzene rings is 2. The van der Waals surface area contributed by atoms with E-state index in [0.717, 1.165) is 0 Å². The molecule has 4 heteroatoms. The predicted molar refractivity (Wildman–Crippen MR) is 79.7 cm³/mol. The van der Waals surface area contributed by atoms with Gasteiger partial charge in [0.05, 0.1) is 0 Å². The van der Waals surface area contributed by atoms with Crippen LogP contribution in [0.1, 0.15) is 26.7 Å². The second-order valence-electron chi connectivity index (χ2n) is 3.92. The minimum absolute atomic E-state index is 0. The van der Waals surface area contributed by atoms with E-state index in [-0.39, 0.29) is 30.9 Å². The van der Waals surface area contributed by atoms with Gasteiger partial charge in [0.25, 0.3) is 0 Å². The Morgan fingerprint density at radius 1 is 0.700 bits per heavy atom. The van der Waals surface area contributed by atoms with Crippen molar-refractivity contribution in [3.63, 3.8) is 0 Å². The van der Waals surface area contributed by atoms with Crippen molar-refractivity contribution in [2.75, 3.05) is 0 Å². The third-order valence-electron chi connectivity index (χ3n) is 2.43. The SMILES string of the molecule is CCCC.[Cl-].[Cl-].[Pd+2][P](c1ccccc1)c1ccccc1. The van der Waals surface area contributed by atoms with E-state index in [2.05, 4.69) is 93.2 Å². The van der Waals surface area contributed by atoms with Crippen molar-refractivity contribution in [2.24, 2.45) is 0 Å². The van der Waals surface area contributed by atoms with Gasteiger partial charge in [-0.05, 0) is 0 Å². The van der Waals surface area contributed by atoms with Crippen molar-refractivity contribution in [3.05, 3.63) is 60.7 Å². The van der Waals surface area contributed by atoms with Gasteiger partial charge in [-0.25, -0.2) is 0 Å². The van der Waals surface area contributed by atoms with Crippen molar-refractivity contribution in [3.8, 4) is 0 Å². The van der Waals surface area contributed by atoms with Crippen LogP contribution in [0.2, 0.25) is 0 Å². The molecule has 0 fully saturated rings. The first-order valence-corrected chi connectivity index (χ1v) is 9.59. The summed E-state index contributed by atoms with van der Waals surface area (Å²) in [6.07, 6.45) is 2.32. The fourth-order valence-corrected chi connectivity index (χ4v) is 3.77. The zero-order valence-electron chi connectivity index (χ0n) is 11.7. The fourth-order valence-electron chi connectivity index (χ4n) is 1.25. The fraction of sp³-hybridized carbons (Fsp3) is 0.250. The average molecular weight is 421 g/mol. The van der Waals surface area contributed by atoms with Gasteiger partial charge in [0.2, 0.25) is 0 Å². The molecule has 113 valence electrons. The predicted octanol–water partition coefficient (Wildman–Crippen LogP) is -1.60. The Labute approximate surface area is 147 Å². The number of unbranched alkanes of at least 4 members (excludes halogenated alkanes) is 1. The van der Waals surface area contributed by atoms with Gasteiger partial charge in [0.1, 0.15) is 0 Å². The molecule has 0 radical (unpaired) electrons. The topological polar surface area (TPSA) is 0 Å². The van der Waals surface area contributed by atoms with Gasteiger partial charge in [-0.2, -0.15) is 0 Å². The summed E-state index contributed by atoms with van der Waals surface area (Å²) in [5.41, 5.74) is 0. The molecule has 0 nitrogen and oxygen atoms in total. The van der Waals surface area contributed by atoms with E-state index in [1.54, 1.807) is 0 Å². The Hall–Kier alpha value is 0.112. The van der Waals surface area contributed by atoms with E-state index in [0.29, 0.717) is 0 Å². The van der Waals surface area contributed by atoms with Gasteiger partial charge in [-0.3, -0.25) is 0 Å². The summed E-state index contributed by atoms with van der Waals surface area (Å²) in [6, 6.07) is 21.1. The maximum absolute atomic E-state index is 3.47. The van der Waals surface area contributed by atoms with Crippen LogP contribution in [0.25, 0.3) is 0 Å². The van der Waals surface area contributed by atoms with Gasteiger partial charge in [0.15, 0.2) is 0 Å². The Balaban J connectivity index is 0. The third-order valence-corrected chi connectivity index (χ3v) is 6.28. The second-order valence-corrected chi connectivity index (χ2v) is 7.55. The number of rotatable bonds is 3.